The van der Waals surface area contributed by atoms with E-state index in [0.717, 1.165) is 18.5 Å². The molecule has 5 nitrogen and oxygen atoms in total. The van der Waals surface area contributed by atoms with Crippen LogP contribution in [0.15, 0.2) is 24.3 Å². The maximum atomic E-state index is 11.6. The van der Waals surface area contributed by atoms with Gasteiger partial charge in [-0.3, -0.25) is 0 Å². The van der Waals surface area contributed by atoms with E-state index in [1.54, 1.807) is 13.2 Å². The second kappa shape index (κ2) is 10.4. The van der Waals surface area contributed by atoms with Gasteiger partial charge in [0.1, 0.15) is 0 Å². The van der Waals surface area contributed by atoms with E-state index in [2.05, 4.69) is 5.32 Å². The van der Waals surface area contributed by atoms with Crippen molar-refractivity contribution in [2.24, 2.45) is 0 Å². The first-order valence-electron chi connectivity index (χ1n) is 6.73. The van der Waals surface area contributed by atoms with Crippen molar-refractivity contribution in [2.45, 2.75) is 13.0 Å². The zero-order chi connectivity index (χ0) is 14.6. The van der Waals surface area contributed by atoms with E-state index in [1.807, 2.05) is 18.2 Å². The van der Waals surface area contributed by atoms with E-state index >= 15 is 0 Å². The van der Waals surface area contributed by atoms with Crippen molar-refractivity contribution in [3.05, 3.63) is 35.4 Å². The number of methoxy groups -OCH3 is 2. The van der Waals surface area contributed by atoms with Gasteiger partial charge in [0, 0.05) is 20.3 Å². The molecular weight excluding hydrogens is 258 g/mol. The molecule has 0 fully saturated rings. The van der Waals surface area contributed by atoms with Crippen LogP contribution in [0.1, 0.15) is 22.3 Å². The smallest absolute Gasteiger partial charge is 0.338 e. The fourth-order valence-electron chi connectivity index (χ4n) is 1.75. The highest BCUT2D eigenvalue weighted by Gasteiger charge is 2.09. The van der Waals surface area contributed by atoms with Crippen LogP contribution in [0.5, 0.6) is 0 Å². The summed E-state index contributed by atoms with van der Waals surface area (Å²) < 4.78 is 15.0. The minimum absolute atomic E-state index is 0.301. The average molecular weight is 281 g/mol. The Morgan fingerprint density at radius 3 is 2.70 bits per heavy atom. The van der Waals surface area contributed by atoms with Crippen molar-refractivity contribution >= 4 is 5.97 Å². The first-order valence-corrected chi connectivity index (χ1v) is 6.73. The van der Waals surface area contributed by atoms with E-state index in [0.29, 0.717) is 31.9 Å². The molecule has 20 heavy (non-hydrogen) atoms. The molecule has 0 heterocycles. The molecule has 0 bridgehead atoms. The number of carbonyl (C=O) groups is 1. The number of benzene rings is 1. The Labute approximate surface area is 120 Å². The van der Waals surface area contributed by atoms with Crippen LogP contribution in [0.25, 0.3) is 0 Å². The van der Waals surface area contributed by atoms with Gasteiger partial charge in [-0.25, -0.2) is 4.79 Å². The highest BCUT2D eigenvalue weighted by atomic mass is 16.5. The third-order valence-electron chi connectivity index (χ3n) is 2.81. The Bertz CT molecular complexity index is 395. The highest BCUT2D eigenvalue weighted by molar-refractivity contribution is 5.90. The van der Waals surface area contributed by atoms with Crippen molar-refractivity contribution in [2.75, 3.05) is 40.6 Å². The number of nitrogens with one attached hydrogen (secondary N) is 1. The predicted molar refractivity (Wildman–Crippen MR) is 76.8 cm³/mol. The predicted octanol–water partition coefficient (Wildman–Crippen LogP) is 1.62. The van der Waals surface area contributed by atoms with Crippen LogP contribution < -0.4 is 5.32 Å². The van der Waals surface area contributed by atoms with E-state index < -0.39 is 0 Å². The van der Waals surface area contributed by atoms with Gasteiger partial charge in [0.05, 0.1) is 25.9 Å². The number of carbonyl (C=O) groups excluding carboxylic acids is 1. The van der Waals surface area contributed by atoms with Crippen LogP contribution in [0, 0.1) is 0 Å². The van der Waals surface area contributed by atoms with Gasteiger partial charge in [0.15, 0.2) is 0 Å². The molecule has 0 aliphatic rings. The fourth-order valence-corrected chi connectivity index (χ4v) is 1.75. The summed E-state index contributed by atoms with van der Waals surface area (Å²) in [5.41, 5.74) is 1.55. The first kappa shape index (κ1) is 16.6. The summed E-state index contributed by atoms with van der Waals surface area (Å²) in [5.74, 6) is -0.301. The molecule has 0 unspecified atom stereocenters. The van der Waals surface area contributed by atoms with Crippen molar-refractivity contribution in [3.8, 4) is 0 Å². The highest BCUT2D eigenvalue weighted by Crippen LogP contribution is 2.09. The van der Waals surface area contributed by atoms with E-state index in [4.69, 9.17) is 14.2 Å². The minimum Gasteiger partial charge on any atom is -0.465 e. The van der Waals surface area contributed by atoms with Gasteiger partial charge in [0.2, 0.25) is 0 Å². The summed E-state index contributed by atoms with van der Waals surface area (Å²) in [7, 11) is 3.05. The maximum absolute atomic E-state index is 11.6. The molecule has 0 saturated heterocycles. The van der Waals surface area contributed by atoms with Crippen LogP contribution in [-0.4, -0.2) is 46.6 Å². The van der Waals surface area contributed by atoms with Crippen LogP contribution >= 0.6 is 0 Å². The third kappa shape index (κ3) is 6.14. The summed E-state index contributed by atoms with van der Waals surface area (Å²) >= 11 is 0. The van der Waals surface area contributed by atoms with Crippen LogP contribution in [0.4, 0.5) is 0 Å². The van der Waals surface area contributed by atoms with Gasteiger partial charge >= 0.3 is 5.97 Å². The molecule has 0 aliphatic carbocycles. The second-order valence-electron chi connectivity index (χ2n) is 4.28. The molecule has 1 rings (SSSR count). The standard InChI is InChI=1S/C15H23NO4/c1-18-10-11-20-9-5-8-16-12-13-6-3-4-7-14(13)15(17)19-2/h3-4,6-7,16H,5,8-12H2,1-2H3. The number of hydrogen-bond donors (Lipinski definition) is 1. The number of ether oxygens (including phenoxy) is 3. The maximum Gasteiger partial charge on any atom is 0.338 e. The molecule has 1 aromatic rings. The summed E-state index contributed by atoms with van der Waals surface area (Å²) in [6.45, 7) is 3.43. The number of rotatable bonds is 10. The molecule has 0 saturated carbocycles. The van der Waals surface area contributed by atoms with E-state index in [1.165, 1.54) is 7.11 Å². The molecule has 1 aromatic carbocycles. The van der Waals surface area contributed by atoms with Gasteiger partial charge in [-0.1, -0.05) is 18.2 Å². The Morgan fingerprint density at radius 1 is 1.15 bits per heavy atom. The zero-order valence-electron chi connectivity index (χ0n) is 12.2. The number of esters is 1. The van der Waals surface area contributed by atoms with Crippen molar-refractivity contribution in [3.63, 3.8) is 0 Å². The van der Waals surface area contributed by atoms with Crippen molar-refractivity contribution < 1.29 is 19.0 Å². The van der Waals surface area contributed by atoms with Crippen LogP contribution in [-0.2, 0) is 20.8 Å². The van der Waals surface area contributed by atoms with E-state index in [9.17, 15) is 4.79 Å². The fraction of sp³-hybridized carbons (Fsp3) is 0.533. The van der Waals surface area contributed by atoms with Crippen molar-refractivity contribution in [1.82, 2.24) is 5.32 Å². The molecule has 5 heteroatoms. The van der Waals surface area contributed by atoms with Crippen LogP contribution in [0.2, 0.25) is 0 Å². The van der Waals surface area contributed by atoms with Crippen molar-refractivity contribution in [1.29, 1.82) is 0 Å². The zero-order valence-corrected chi connectivity index (χ0v) is 12.2. The average Bonchev–Trinajstić information content (AvgIpc) is 2.49. The lowest BCUT2D eigenvalue weighted by atomic mass is 10.1. The van der Waals surface area contributed by atoms with Gasteiger partial charge in [-0.2, -0.15) is 0 Å². The molecule has 0 atom stereocenters. The number of hydrogen-bond acceptors (Lipinski definition) is 5. The van der Waals surface area contributed by atoms with Gasteiger partial charge < -0.3 is 19.5 Å². The molecule has 1 N–H and O–H groups in total. The molecule has 0 spiro atoms. The van der Waals surface area contributed by atoms with Gasteiger partial charge in [0.25, 0.3) is 0 Å². The Kier molecular flexibility index (Phi) is 8.62. The van der Waals surface area contributed by atoms with Gasteiger partial charge in [-0.05, 0) is 24.6 Å². The monoisotopic (exact) mass is 281 g/mol. The Balaban J connectivity index is 2.23. The molecule has 0 radical (unpaired) electrons. The first-order chi connectivity index (χ1) is 9.79. The lowest BCUT2D eigenvalue weighted by Crippen LogP contribution is -2.19. The molecule has 0 aromatic heterocycles. The summed E-state index contributed by atoms with van der Waals surface area (Å²) in [6.07, 6.45) is 0.921. The molecule has 0 amide bonds. The lowest BCUT2D eigenvalue weighted by molar-refractivity contribution is 0.0599. The molecule has 0 aliphatic heterocycles. The molecular formula is C15H23NO4. The largest absolute Gasteiger partial charge is 0.465 e. The SMILES string of the molecule is COCCOCCCNCc1ccccc1C(=O)OC. The third-order valence-corrected chi connectivity index (χ3v) is 2.81. The van der Waals surface area contributed by atoms with Crippen LogP contribution in [0.3, 0.4) is 0 Å². The summed E-state index contributed by atoms with van der Waals surface area (Å²) in [5, 5.41) is 3.29. The lowest BCUT2D eigenvalue weighted by Gasteiger charge is -2.09. The summed E-state index contributed by atoms with van der Waals surface area (Å²) in [4.78, 5) is 11.6. The normalized spacial score (nSPS) is 10.5. The Morgan fingerprint density at radius 2 is 1.95 bits per heavy atom. The quantitative estimate of drug-likeness (QED) is 0.521. The van der Waals surface area contributed by atoms with Gasteiger partial charge in [-0.15, -0.1) is 0 Å². The minimum atomic E-state index is -0.301. The summed E-state index contributed by atoms with van der Waals surface area (Å²) in [6, 6.07) is 7.45. The van der Waals surface area contributed by atoms with E-state index in [-0.39, 0.29) is 5.97 Å². The molecule has 112 valence electrons. The topological polar surface area (TPSA) is 56.8 Å². The Hall–Kier alpha value is -1.43. The second-order valence-corrected chi connectivity index (χ2v) is 4.28.